The van der Waals surface area contributed by atoms with Gasteiger partial charge in [0.15, 0.2) is 5.78 Å². The number of nitro groups is 1. The monoisotopic (exact) mass is 367 g/mol. The average Bonchev–Trinajstić information content (AvgIpc) is 2.53. The zero-order valence-corrected chi connectivity index (χ0v) is 13.1. The predicted octanol–water partition coefficient (Wildman–Crippen LogP) is 4.52. The molecule has 0 N–H and O–H groups in total. The number of hydrogen-bond acceptors (Lipinski definition) is 3. The Hall–Kier alpha value is -1.72. The number of ketones is 1. The molecule has 2 rings (SSSR count). The van der Waals surface area contributed by atoms with Gasteiger partial charge in [-0.2, -0.15) is 0 Å². The van der Waals surface area contributed by atoms with Crippen LogP contribution in [0.15, 0.2) is 54.6 Å². The molecular formula is C15H11BrClNO3. The number of Topliss-reactive ketones (excluding diaryl/α,β-unsaturated/α-hetero) is 1. The van der Waals surface area contributed by atoms with Crippen molar-refractivity contribution < 1.29 is 9.72 Å². The summed E-state index contributed by atoms with van der Waals surface area (Å²) >= 11 is 9.61. The molecule has 0 heterocycles. The Labute approximate surface area is 135 Å². The van der Waals surface area contributed by atoms with E-state index in [1.54, 1.807) is 36.4 Å². The number of carbonyl (C=O) groups is 1. The maximum Gasteiger partial charge on any atom is 0.269 e. The highest BCUT2D eigenvalue weighted by molar-refractivity contribution is 9.10. The molecule has 2 atom stereocenters. The number of carbonyl (C=O) groups excluding carboxylic acids is 1. The molecule has 0 aromatic heterocycles. The van der Waals surface area contributed by atoms with Gasteiger partial charge in [0.05, 0.1) is 15.1 Å². The number of alkyl halides is 2. The highest BCUT2D eigenvalue weighted by Crippen LogP contribution is 2.32. The highest BCUT2D eigenvalue weighted by Gasteiger charge is 2.26. The number of rotatable bonds is 5. The fraction of sp³-hybridized carbons (Fsp3) is 0.133. The number of nitrogens with zero attached hydrogens (tertiary/aromatic N) is 1. The molecule has 4 nitrogen and oxygen atoms in total. The molecule has 0 saturated carbocycles. The van der Waals surface area contributed by atoms with E-state index < -0.39 is 15.1 Å². The molecule has 0 aliphatic carbocycles. The van der Waals surface area contributed by atoms with Gasteiger partial charge in [-0.15, -0.1) is 11.6 Å². The summed E-state index contributed by atoms with van der Waals surface area (Å²) in [7, 11) is 0. The minimum atomic E-state index is -0.612. The molecule has 2 aromatic rings. The van der Waals surface area contributed by atoms with Gasteiger partial charge in [0.25, 0.3) is 5.69 Å². The standard InChI is InChI=1S/C15H11BrClNO3/c16-13(15(19)11-4-2-1-3-5-11)14(17)10-6-8-12(9-7-10)18(20)21/h1-9,13-14H/t13-,14-/m1/s1. The normalized spacial score (nSPS) is 13.4. The highest BCUT2D eigenvalue weighted by atomic mass is 79.9. The summed E-state index contributed by atoms with van der Waals surface area (Å²) in [6.07, 6.45) is 0. The molecule has 0 saturated heterocycles. The van der Waals surface area contributed by atoms with Crippen molar-refractivity contribution in [3.8, 4) is 0 Å². The fourth-order valence-electron chi connectivity index (χ4n) is 1.84. The number of hydrogen-bond donors (Lipinski definition) is 0. The third-order valence-corrected chi connectivity index (χ3v) is 4.74. The zero-order valence-electron chi connectivity index (χ0n) is 10.8. The molecule has 0 aliphatic heterocycles. The first-order chi connectivity index (χ1) is 10.0. The Kier molecular flexibility index (Phi) is 5.09. The predicted molar refractivity (Wildman–Crippen MR) is 85.2 cm³/mol. The van der Waals surface area contributed by atoms with Crippen molar-refractivity contribution >= 4 is 39.0 Å². The van der Waals surface area contributed by atoms with Crippen molar-refractivity contribution in [2.45, 2.75) is 10.2 Å². The molecule has 0 radical (unpaired) electrons. The largest absolute Gasteiger partial charge is 0.293 e. The van der Waals surface area contributed by atoms with Crippen molar-refractivity contribution in [2.75, 3.05) is 0 Å². The molecule has 0 unspecified atom stereocenters. The van der Waals surface area contributed by atoms with Gasteiger partial charge in [-0.05, 0) is 5.56 Å². The second kappa shape index (κ2) is 6.83. The van der Waals surface area contributed by atoms with Gasteiger partial charge in [0.1, 0.15) is 0 Å². The SMILES string of the molecule is O=C(c1ccccc1)[C@H](Br)[C@H](Cl)c1ccc([N+](=O)[O-])cc1. The Morgan fingerprint density at radius 1 is 1.10 bits per heavy atom. The van der Waals surface area contributed by atoms with Crippen LogP contribution in [0.2, 0.25) is 0 Å². The number of non-ortho nitro benzene ring substituents is 1. The Bertz CT molecular complexity index is 646. The van der Waals surface area contributed by atoms with Crippen LogP contribution in [-0.2, 0) is 0 Å². The lowest BCUT2D eigenvalue weighted by atomic mass is 10.0. The summed E-state index contributed by atoms with van der Waals surface area (Å²) in [5.74, 6) is -0.131. The molecule has 0 bridgehead atoms. The molecule has 0 spiro atoms. The molecule has 21 heavy (non-hydrogen) atoms. The van der Waals surface area contributed by atoms with Gasteiger partial charge < -0.3 is 0 Å². The lowest BCUT2D eigenvalue weighted by molar-refractivity contribution is -0.384. The second-order valence-corrected chi connectivity index (χ2v) is 5.84. The summed E-state index contributed by atoms with van der Waals surface area (Å²) in [5, 5.41) is 10.0. The minimum absolute atomic E-state index is 0.0110. The first-order valence-electron chi connectivity index (χ1n) is 6.12. The summed E-state index contributed by atoms with van der Waals surface area (Å²) in [5.41, 5.74) is 1.20. The topological polar surface area (TPSA) is 60.2 Å². The molecule has 0 fully saturated rings. The molecule has 108 valence electrons. The van der Waals surface area contributed by atoms with Crippen LogP contribution < -0.4 is 0 Å². The van der Waals surface area contributed by atoms with E-state index in [9.17, 15) is 14.9 Å². The lowest BCUT2D eigenvalue weighted by Gasteiger charge is -2.15. The quantitative estimate of drug-likeness (QED) is 0.337. The van der Waals surface area contributed by atoms with Crippen LogP contribution in [0.4, 0.5) is 5.69 Å². The Morgan fingerprint density at radius 3 is 2.19 bits per heavy atom. The first-order valence-corrected chi connectivity index (χ1v) is 7.47. The van der Waals surface area contributed by atoms with Crippen LogP contribution in [0.3, 0.4) is 0 Å². The number of benzene rings is 2. The first kappa shape index (κ1) is 15.7. The van der Waals surface area contributed by atoms with Crippen molar-refractivity contribution in [2.24, 2.45) is 0 Å². The molecule has 6 heteroatoms. The van der Waals surface area contributed by atoms with E-state index >= 15 is 0 Å². The number of halogens is 2. The third kappa shape index (κ3) is 3.68. The van der Waals surface area contributed by atoms with E-state index in [1.807, 2.05) is 6.07 Å². The fourth-order valence-corrected chi connectivity index (χ4v) is 2.67. The van der Waals surface area contributed by atoms with Gasteiger partial charge in [-0.3, -0.25) is 14.9 Å². The molecule has 0 aliphatic rings. The lowest BCUT2D eigenvalue weighted by Crippen LogP contribution is -2.19. The molecular weight excluding hydrogens is 358 g/mol. The van der Waals surface area contributed by atoms with Gasteiger partial charge in [-0.1, -0.05) is 58.4 Å². The van der Waals surface area contributed by atoms with Gasteiger partial charge in [-0.25, -0.2) is 0 Å². The molecule has 0 amide bonds. The van der Waals surface area contributed by atoms with Crippen molar-refractivity contribution in [1.82, 2.24) is 0 Å². The summed E-state index contributed by atoms with van der Waals surface area (Å²) < 4.78 is 0. The van der Waals surface area contributed by atoms with Crippen LogP contribution in [0.25, 0.3) is 0 Å². The summed E-state index contributed by atoms with van der Waals surface area (Å²) in [4.78, 5) is 21.8. The van der Waals surface area contributed by atoms with Crippen LogP contribution in [0.5, 0.6) is 0 Å². The maximum absolute atomic E-state index is 12.3. The van der Waals surface area contributed by atoms with E-state index in [1.165, 1.54) is 12.1 Å². The van der Waals surface area contributed by atoms with Gasteiger partial charge in [0.2, 0.25) is 0 Å². The third-order valence-electron chi connectivity index (χ3n) is 2.99. The Balaban J connectivity index is 2.17. The second-order valence-electron chi connectivity index (χ2n) is 4.38. The van der Waals surface area contributed by atoms with E-state index in [-0.39, 0.29) is 11.5 Å². The van der Waals surface area contributed by atoms with Crippen molar-refractivity contribution in [1.29, 1.82) is 0 Å². The zero-order chi connectivity index (χ0) is 15.4. The number of nitro benzene ring substituents is 1. The molecule has 2 aromatic carbocycles. The van der Waals surface area contributed by atoms with Gasteiger partial charge >= 0.3 is 0 Å². The summed E-state index contributed by atoms with van der Waals surface area (Å²) in [6.45, 7) is 0. The van der Waals surface area contributed by atoms with E-state index in [0.717, 1.165) is 0 Å². The van der Waals surface area contributed by atoms with Crippen LogP contribution in [0.1, 0.15) is 21.3 Å². The van der Waals surface area contributed by atoms with E-state index in [0.29, 0.717) is 11.1 Å². The maximum atomic E-state index is 12.3. The minimum Gasteiger partial charge on any atom is -0.293 e. The van der Waals surface area contributed by atoms with Gasteiger partial charge in [0, 0.05) is 17.7 Å². The van der Waals surface area contributed by atoms with Crippen LogP contribution in [-0.4, -0.2) is 15.5 Å². The van der Waals surface area contributed by atoms with E-state index in [4.69, 9.17) is 11.6 Å². The average molecular weight is 369 g/mol. The summed E-state index contributed by atoms with van der Waals surface area (Å²) in [6, 6.07) is 14.7. The Morgan fingerprint density at radius 2 is 1.67 bits per heavy atom. The van der Waals surface area contributed by atoms with E-state index in [2.05, 4.69) is 15.9 Å². The van der Waals surface area contributed by atoms with Crippen molar-refractivity contribution in [3.63, 3.8) is 0 Å². The van der Waals surface area contributed by atoms with Crippen LogP contribution >= 0.6 is 27.5 Å². The van der Waals surface area contributed by atoms with Crippen molar-refractivity contribution in [3.05, 3.63) is 75.8 Å². The smallest absolute Gasteiger partial charge is 0.269 e. The van der Waals surface area contributed by atoms with Crippen LogP contribution in [0, 0.1) is 10.1 Å².